The molecule has 0 radical (unpaired) electrons. The first kappa shape index (κ1) is 27.8. The number of carboxylic acids is 1. The summed E-state index contributed by atoms with van der Waals surface area (Å²) in [6, 6.07) is 0. The molecule has 0 saturated carbocycles. The normalized spacial score (nSPS) is 10.9. The van der Waals surface area contributed by atoms with Crippen LogP contribution in [-0.4, -0.2) is 11.1 Å². The Balaban J connectivity index is 0. The van der Waals surface area contributed by atoms with Crippen molar-refractivity contribution in [2.75, 3.05) is 0 Å². The molecular weight excluding hydrogens is 453 g/mol. The predicted molar refractivity (Wildman–Crippen MR) is 106 cm³/mol. The Morgan fingerprint density at radius 3 is 1.40 bits per heavy atom. The minimum absolute atomic E-state index is 0. The Kier molecular flexibility index (Phi) is 27.2. The molecule has 0 saturated heterocycles. The quantitative estimate of drug-likeness (QED) is 0.147. The van der Waals surface area contributed by atoms with Gasteiger partial charge in [-0.15, -0.1) is 0 Å². The van der Waals surface area contributed by atoms with E-state index >= 15 is 0 Å². The summed E-state index contributed by atoms with van der Waals surface area (Å²) in [6.07, 6.45) is 27.1. The predicted octanol–water partition coefficient (Wildman–Crippen LogP) is 7.67. The van der Waals surface area contributed by atoms with Crippen molar-refractivity contribution in [3.63, 3.8) is 0 Å². The summed E-state index contributed by atoms with van der Waals surface area (Å²) in [5.74, 6) is -0.656. The van der Waals surface area contributed by atoms with Crippen LogP contribution >= 0.6 is 0 Å². The minimum Gasteiger partial charge on any atom is -0.481 e. The molecule has 1 N–H and O–H groups in total. The van der Waals surface area contributed by atoms with Gasteiger partial charge in [-0.2, -0.15) is 0 Å². The van der Waals surface area contributed by atoms with Crippen LogP contribution in [0.2, 0.25) is 0 Å². The van der Waals surface area contributed by atoms with Crippen LogP contribution in [0.4, 0.5) is 0 Å². The molecule has 0 amide bonds. The van der Waals surface area contributed by atoms with Gasteiger partial charge in [-0.3, -0.25) is 4.79 Å². The van der Waals surface area contributed by atoms with Crippen LogP contribution in [0.5, 0.6) is 0 Å². The van der Waals surface area contributed by atoms with Gasteiger partial charge in [-0.25, -0.2) is 0 Å². The fourth-order valence-corrected chi connectivity index (χ4v) is 3.05. The second kappa shape index (κ2) is 24.5. The molecule has 0 aliphatic rings. The molecule has 0 aromatic rings. The first-order valence-corrected chi connectivity index (χ1v) is 10.6. The number of carbonyl (C=O) groups is 1. The minimum atomic E-state index is -0.656. The van der Waals surface area contributed by atoms with Gasteiger partial charge in [-0.05, 0) is 32.1 Å². The smallest absolute Gasteiger partial charge is 0.303 e. The van der Waals surface area contributed by atoms with Gasteiger partial charge in [0.1, 0.15) is 0 Å². The standard InChI is InChI=1S/C22H42O2.Gd/c1-2-3-4-5-6-7-8-9-10-11-12-13-14-15-16-17-18-19-20-21-22(23)24;/h9-10H,2-8,11-21H2,1H3,(H,23,24);/b10-9-;. The first-order chi connectivity index (χ1) is 11.8. The largest absolute Gasteiger partial charge is 0.481 e. The van der Waals surface area contributed by atoms with E-state index in [1.165, 1.54) is 96.3 Å². The molecule has 0 aromatic heterocycles. The zero-order valence-corrected chi connectivity index (χ0v) is 18.9. The first-order valence-electron chi connectivity index (χ1n) is 10.6. The Hall–Kier alpha value is 0.535. The molecule has 150 valence electrons. The maximum Gasteiger partial charge on any atom is 0.303 e. The van der Waals surface area contributed by atoms with Crippen LogP contribution < -0.4 is 0 Å². The molecule has 0 aromatic carbocycles. The number of hydrogen-bond donors (Lipinski definition) is 1. The van der Waals surface area contributed by atoms with Gasteiger partial charge in [0.05, 0.1) is 0 Å². The van der Waals surface area contributed by atoms with E-state index < -0.39 is 5.97 Å². The molecule has 0 unspecified atom stereocenters. The Bertz CT molecular complexity index is 290. The van der Waals surface area contributed by atoms with Crippen LogP contribution in [0.15, 0.2) is 12.2 Å². The van der Waals surface area contributed by atoms with Crippen molar-refractivity contribution in [3.05, 3.63) is 12.2 Å². The van der Waals surface area contributed by atoms with E-state index in [1.54, 1.807) is 0 Å². The van der Waals surface area contributed by atoms with E-state index in [0.29, 0.717) is 6.42 Å². The Morgan fingerprint density at radius 1 is 0.640 bits per heavy atom. The SMILES string of the molecule is CCCCCCCC/C=C\CCCCCCCCCCCC(=O)O.[Gd]. The molecule has 0 aliphatic carbocycles. The Labute approximate surface area is 189 Å². The van der Waals surface area contributed by atoms with Gasteiger partial charge in [0.25, 0.3) is 0 Å². The van der Waals surface area contributed by atoms with Crippen LogP contribution in [0.25, 0.3) is 0 Å². The van der Waals surface area contributed by atoms with E-state index in [1.807, 2.05) is 0 Å². The average molecular weight is 496 g/mol. The molecule has 0 aliphatic heterocycles. The third kappa shape index (κ3) is 26.9. The topological polar surface area (TPSA) is 37.3 Å². The van der Waals surface area contributed by atoms with Crippen LogP contribution in [0, 0.1) is 39.9 Å². The maximum absolute atomic E-state index is 10.4. The molecule has 0 atom stereocenters. The number of aliphatic carboxylic acids is 1. The van der Waals surface area contributed by atoms with Gasteiger partial charge in [0, 0.05) is 46.4 Å². The maximum atomic E-state index is 10.4. The summed E-state index contributed by atoms with van der Waals surface area (Å²) < 4.78 is 0. The van der Waals surface area contributed by atoms with Gasteiger partial charge in [0.2, 0.25) is 0 Å². The number of rotatable bonds is 19. The zero-order chi connectivity index (χ0) is 17.7. The molecule has 0 bridgehead atoms. The molecule has 25 heavy (non-hydrogen) atoms. The van der Waals surface area contributed by atoms with Crippen molar-refractivity contribution in [1.82, 2.24) is 0 Å². The van der Waals surface area contributed by atoms with Crippen molar-refractivity contribution >= 4 is 5.97 Å². The van der Waals surface area contributed by atoms with Gasteiger partial charge in [0.15, 0.2) is 0 Å². The van der Waals surface area contributed by atoms with Crippen molar-refractivity contribution in [2.24, 2.45) is 0 Å². The Morgan fingerprint density at radius 2 is 1.00 bits per heavy atom. The van der Waals surface area contributed by atoms with Crippen molar-refractivity contribution < 1.29 is 49.8 Å². The summed E-state index contributed by atoms with van der Waals surface area (Å²) in [5, 5.41) is 8.55. The third-order valence-corrected chi connectivity index (χ3v) is 4.65. The molecular formula is C22H42GdO2. The monoisotopic (exact) mass is 496 g/mol. The fourth-order valence-electron chi connectivity index (χ4n) is 3.05. The molecule has 0 fully saturated rings. The van der Waals surface area contributed by atoms with E-state index in [2.05, 4.69) is 19.1 Å². The van der Waals surface area contributed by atoms with Crippen molar-refractivity contribution in [2.45, 2.75) is 122 Å². The van der Waals surface area contributed by atoms with Gasteiger partial charge in [-0.1, -0.05) is 96.1 Å². The third-order valence-electron chi connectivity index (χ3n) is 4.65. The molecule has 0 rings (SSSR count). The summed E-state index contributed by atoms with van der Waals surface area (Å²) in [4.78, 5) is 10.4. The number of allylic oxidation sites excluding steroid dienone is 2. The molecule has 0 spiro atoms. The summed E-state index contributed by atoms with van der Waals surface area (Å²) >= 11 is 0. The van der Waals surface area contributed by atoms with Crippen LogP contribution in [0.3, 0.4) is 0 Å². The van der Waals surface area contributed by atoms with Gasteiger partial charge >= 0.3 is 5.97 Å². The van der Waals surface area contributed by atoms with Crippen LogP contribution in [-0.2, 0) is 4.79 Å². The summed E-state index contributed by atoms with van der Waals surface area (Å²) in [5.41, 5.74) is 0. The van der Waals surface area contributed by atoms with E-state index in [0.717, 1.165) is 12.8 Å². The van der Waals surface area contributed by atoms with Crippen molar-refractivity contribution in [3.8, 4) is 0 Å². The van der Waals surface area contributed by atoms with Crippen LogP contribution in [0.1, 0.15) is 122 Å². The average Bonchev–Trinajstić information content (AvgIpc) is 2.56. The van der Waals surface area contributed by atoms with E-state index in [-0.39, 0.29) is 39.9 Å². The zero-order valence-electron chi connectivity index (χ0n) is 16.6. The molecule has 2 nitrogen and oxygen atoms in total. The fraction of sp³-hybridized carbons (Fsp3) is 0.864. The second-order valence-electron chi connectivity index (χ2n) is 7.14. The van der Waals surface area contributed by atoms with Gasteiger partial charge < -0.3 is 5.11 Å². The van der Waals surface area contributed by atoms with E-state index in [9.17, 15) is 4.79 Å². The number of unbranched alkanes of at least 4 members (excludes halogenated alkanes) is 15. The molecule has 0 heterocycles. The summed E-state index contributed by atoms with van der Waals surface area (Å²) in [6.45, 7) is 2.27. The summed E-state index contributed by atoms with van der Waals surface area (Å²) in [7, 11) is 0. The number of carboxylic acid groups (broad SMARTS) is 1. The molecule has 3 heteroatoms. The second-order valence-corrected chi connectivity index (χ2v) is 7.14. The van der Waals surface area contributed by atoms with E-state index in [4.69, 9.17) is 5.11 Å². The number of hydrogen-bond acceptors (Lipinski definition) is 1. The van der Waals surface area contributed by atoms with Crippen molar-refractivity contribution in [1.29, 1.82) is 0 Å².